The van der Waals surface area contributed by atoms with Crippen LogP contribution < -0.4 is 10.5 Å². The molecule has 2 saturated carbocycles. The number of ether oxygens (including phenoxy) is 1. The summed E-state index contributed by atoms with van der Waals surface area (Å²) in [5.41, 5.74) is 11.7. The number of aromatic hydroxyl groups is 1. The van der Waals surface area contributed by atoms with Crippen LogP contribution in [0.1, 0.15) is 41.6 Å². The van der Waals surface area contributed by atoms with Crippen LogP contribution in [0.5, 0.6) is 11.6 Å². The molecule has 1 aliphatic heterocycles. The van der Waals surface area contributed by atoms with Gasteiger partial charge in [0.05, 0.1) is 42.9 Å². The third kappa shape index (κ3) is 4.65. The smallest absolute Gasteiger partial charge is 0.254 e. The lowest BCUT2D eigenvalue weighted by Gasteiger charge is -2.27. The fourth-order valence-corrected chi connectivity index (χ4v) is 7.77. The molecule has 11 nitrogen and oxygen atoms in total. The van der Waals surface area contributed by atoms with E-state index in [0.717, 1.165) is 52.9 Å². The van der Waals surface area contributed by atoms with Gasteiger partial charge in [0.2, 0.25) is 5.88 Å². The summed E-state index contributed by atoms with van der Waals surface area (Å²) in [6.45, 7) is 1.94. The predicted molar refractivity (Wildman–Crippen MR) is 178 cm³/mol. The van der Waals surface area contributed by atoms with Gasteiger partial charge in [-0.1, -0.05) is 18.2 Å². The van der Waals surface area contributed by atoms with Crippen LogP contribution in [-0.4, -0.2) is 70.5 Å². The number of aromatic nitrogens is 6. The second kappa shape index (κ2) is 10.9. The molecular formula is C36H35FN8O3. The highest BCUT2D eigenvalue weighted by Gasteiger charge is 2.47. The zero-order valence-electron chi connectivity index (χ0n) is 26.5. The number of hydrogen-bond acceptors (Lipinski definition) is 7. The molecule has 9 rings (SSSR count). The van der Waals surface area contributed by atoms with Crippen LogP contribution in [0.2, 0.25) is 0 Å². The molecule has 6 aromatic rings. The quantitative estimate of drug-likeness (QED) is 0.235. The maximum atomic E-state index is 14.1. The van der Waals surface area contributed by atoms with Crippen molar-refractivity contribution in [1.29, 1.82) is 0 Å². The van der Waals surface area contributed by atoms with Crippen LogP contribution in [-0.2, 0) is 13.1 Å². The van der Waals surface area contributed by atoms with E-state index in [4.69, 9.17) is 15.5 Å². The van der Waals surface area contributed by atoms with Gasteiger partial charge >= 0.3 is 0 Å². The molecule has 2 unspecified atom stereocenters. The van der Waals surface area contributed by atoms with E-state index < -0.39 is 11.7 Å². The largest absolute Gasteiger partial charge is 0.494 e. The van der Waals surface area contributed by atoms with Crippen molar-refractivity contribution >= 4 is 27.8 Å². The van der Waals surface area contributed by atoms with Crippen molar-refractivity contribution in [2.45, 2.75) is 50.9 Å². The zero-order chi connectivity index (χ0) is 32.7. The number of imidazole rings is 1. The Morgan fingerprint density at radius 3 is 2.69 bits per heavy atom. The molecule has 48 heavy (non-hydrogen) atoms. The van der Waals surface area contributed by atoms with Crippen molar-refractivity contribution in [1.82, 2.24) is 33.8 Å². The van der Waals surface area contributed by atoms with Gasteiger partial charge in [-0.25, -0.2) is 19.0 Å². The number of methoxy groups -OCH3 is 1. The molecule has 0 spiro atoms. The summed E-state index contributed by atoms with van der Waals surface area (Å²) in [5.74, 6) is 0.728. The maximum Gasteiger partial charge on any atom is 0.254 e. The minimum absolute atomic E-state index is 0.0218. The molecule has 12 heteroatoms. The lowest BCUT2D eigenvalue weighted by molar-refractivity contribution is 0.0700. The van der Waals surface area contributed by atoms with E-state index in [1.54, 1.807) is 19.5 Å². The van der Waals surface area contributed by atoms with Gasteiger partial charge in [-0.15, -0.1) is 0 Å². The Balaban J connectivity index is 1.19. The second-order valence-corrected chi connectivity index (χ2v) is 13.4. The number of carbonyl (C=O) groups is 1. The van der Waals surface area contributed by atoms with Crippen molar-refractivity contribution in [2.75, 3.05) is 13.7 Å². The van der Waals surface area contributed by atoms with E-state index in [-0.39, 0.29) is 18.0 Å². The number of amides is 1. The molecule has 2 aromatic carbocycles. The van der Waals surface area contributed by atoms with Crippen LogP contribution in [0.3, 0.4) is 0 Å². The summed E-state index contributed by atoms with van der Waals surface area (Å²) in [6, 6.07) is 15.5. The van der Waals surface area contributed by atoms with Crippen molar-refractivity contribution in [2.24, 2.45) is 17.6 Å². The van der Waals surface area contributed by atoms with Gasteiger partial charge in [-0.05, 0) is 61.8 Å². The number of rotatable bonds is 8. The van der Waals surface area contributed by atoms with E-state index in [1.807, 2.05) is 23.1 Å². The van der Waals surface area contributed by atoms with Crippen LogP contribution in [0.4, 0.5) is 4.39 Å². The lowest BCUT2D eigenvalue weighted by Crippen LogP contribution is -2.41. The Labute approximate surface area is 275 Å². The molecule has 3 atom stereocenters. The zero-order valence-corrected chi connectivity index (χ0v) is 26.5. The van der Waals surface area contributed by atoms with E-state index in [9.17, 15) is 14.3 Å². The minimum atomic E-state index is -0.824. The molecule has 5 heterocycles. The molecular weight excluding hydrogens is 611 g/mol. The van der Waals surface area contributed by atoms with Crippen molar-refractivity contribution in [3.8, 4) is 28.8 Å². The molecule has 4 aromatic heterocycles. The van der Waals surface area contributed by atoms with Gasteiger partial charge in [0.25, 0.3) is 5.91 Å². The van der Waals surface area contributed by atoms with Crippen LogP contribution in [0, 0.1) is 17.7 Å². The summed E-state index contributed by atoms with van der Waals surface area (Å²) >= 11 is 0. The number of pyridine rings is 1. The van der Waals surface area contributed by atoms with E-state index in [0.29, 0.717) is 47.4 Å². The van der Waals surface area contributed by atoms with Crippen LogP contribution in [0.15, 0.2) is 67.1 Å². The van der Waals surface area contributed by atoms with Gasteiger partial charge < -0.3 is 29.6 Å². The molecule has 3 fully saturated rings. The maximum absolute atomic E-state index is 14.1. The number of fused-ring (bicyclic) bond motifs is 4. The Kier molecular flexibility index (Phi) is 6.58. The Morgan fingerprint density at radius 1 is 1.08 bits per heavy atom. The molecule has 244 valence electrons. The highest BCUT2D eigenvalue weighted by atomic mass is 19.1. The predicted octanol–water partition coefficient (Wildman–Crippen LogP) is 5.11. The highest BCUT2D eigenvalue weighted by molar-refractivity contribution is 6.00. The van der Waals surface area contributed by atoms with Gasteiger partial charge in [-0.3, -0.25) is 4.79 Å². The molecule has 3 N–H and O–H groups in total. The Hall–Kier alpha value is -5.23. The van der Waals surface area contributed by atoms with Gasteiger partial charge in [-0.2, -0.15) is 5.10 Å². The Bertz CT molecular complexity index is 2230. The number of carbonyl (C=O) groups excluding carboxylic acids is 1. The third-order valence-electron chi connectivity index (χ3n) is 10.4. The standard InChI is InChI=1S/C36H35FN8O3/c1-48-31-12-24(36(47)43-19-23-8-9-29(43)32(23)38)10-27-33(31)44(17-21-14-40-45(18-21)25-13-26(37)35(46)39-15-25)34(41-27)30-11-22-4-2-3-5-28(22)42(30)16-20-6-7-20/h2-5,10-15,18,20,23,29,32H,6-9,16-17,19,38H2,1H3,(H,39,46)/t23?,29?,32-/m1/s1. The lowest BCUT2D eigenvalue weighted by atomic mass is 10.1. The number of nitrogens with two attached hydrogens (primary N) is 1. The minimum Gasteiger partial charge on any atom is -0.494 e. The average Bonchev–Trinajstić information content (AvgIpc) is 3.40. The molecule has 2 aliphatic carbocycles. The summed E-state index contributed by atoms with van der Waals surface area (Å²) in [4.78, 5) is 24.9. The molecule has 1 amide bonds. The molecule has 2 bridgehead atoms. The molecule has 3 aliphatic rings. The van der Waals surface area contributed by atoms with Crippen LogP contribution >= 0.6 is 0 Å². The summed E-state index contributed by atoms with van der Waals surface area (Å²) in [5, 5.41) is 15.2. The SMILES string of the molecule is COc1cc(C(=O)N2CC3CCC2[C@@H]3N)cc2nc(-c3cc4ccccc4n3CC3CC3)n(Cc3cnn(-c4cnc(O)c(F)c4)c3)c12. The number of benzene rings is 2. The number of likely N-dealkylation sites (tertiary alicyclic amines) is 1. The third-order valence-corrected chi connectivity index (χ3v) is 10.4. The molecule has 0 radical (unpaired) electrons. The number of nitrogens with zero attached hydrogens (tertiary/aromatic N) is 7. The van der Waals surface area contributed by atoms with Gasteiger partial charge in [0, 0.05) is 59.5 Å². The average molecular weight is 647 g/mol. The fraction of sp³-hybridized carbons (Fsp3) is 0.333. The van der Waals surface area contributed by atoms with Crippen molar-refractivity contribution in [3.63, 3.8) is 0 Å². The van der Waals surface area contributed by atoms with Gasteiger partial charge in [0.1, 0.15) is 11.3 Å². The van der Waals surface area contributed by atoms with Crippen molar-refractivity contribution in [3.05, 3.63) is 84.1 Å². The highest BCUT2D eigenvalue weighted by Crippen LogP contribution is 2.41. The second-order valence-electron chi connectivity index (χ2n) is 13.4. The van der Waals surface area contributed by atoms with E-state index in [1.165, 1.54) is 29.8 Å². The van der Waals surface area contributed by atoms with Gasteiger partial charge in [0.15, 0.2) is 11.6 Å². The first-order valence-electron chi connectivity index (χ1n) is 16.5. The summed E-state index contributed by atoms with van der Waals surface area (Å²) in [6.07, 6.45) is 9.29. The monoisotopic (exact) mass is 646 g/mol. The number of piperidine rings is 1. The summed E-state index contributed by atoms with van der Waals surface area (Å²) in [7, 11) is 1.61. The fourth-order valence-electron chi connectivity index (χ4n) is 7.77. The van der Waals surface area contributed by atoms with Crippen LogP contribution in [0.25, 0.3) is 39.1 Å². The number of para-hydroxylation sites is 1. The first-order chi connectivity index (χ1) is 23.4. The first kappa shape index (κ1) is 29.0. The number of halogens is 1. The topological polar surface area (TPSA) is 129 Å². The van der Waals surface area contributed by atoms with E-state index >= 15 is 0 Å². The number of hydrogen-bond donors (Lipinski definition) is 2. The normalized spacial score (nSPS) is 20.4. The molecule has 1 saturated heterocycles. The Morgan fingerprint density at radius 2 is 1.94 bits per heavy atom. The van der Waals surface area contributed by atoms with E-state index in [2.05, 4.69) is 43.5 Å². The van der Waals surface area contributed by atoms with Crippen molar-refractivity contribution < 1.29 is 19.0 Å². The summed E-state index contributed by atoms with van der Waals surface area (Å²) < 4.78 is 26.1. The first-order valence-corrected chi connectivity index (χ1v) is 16.5.